The Balaban J connectivity index is 0. The van der Waals surface area contributed by atoms with Crippen LogP contribution in [0, 0.1) is 18.3 Å². The summed E-state index contributed by atoms with van der Waals surface area (Å²) in [5, 5.41) is 1.18. The van der Waals surface area contributed by atoms with Crippen LogP contribution in [0.15, 0.2) is 55.1 Å². The van der Waals surface area contributed by atoms with E-state index in [-0.39, 0.29) is 0 Å². The van der Waals surface area contributed by atoms with Crippen molar-refractivity contribution in [1.82, 2.24) is 4.57 Å². The maximum absolute atomic E-state index is 5.40. The summed E-state index contributed by atoms with van der Waals surface area (Å²) in [6, 6.07) is 8.24. The lowest BCUT2D eigenvalue weighted by Gasteiger charge is -2.04. The minimum Gasteiger partial charge on any atom is -0.344 e. The number of aromatic nitrogens is 1. The summed E-state index contributed by atoms with van der Waals surface area (Å²) in [7, 11) is 2.06. The van der Waals surface area contributed by atoms with Crippen LogP contribution in [0.5, 0.6) is 0 Å². The number of benzene rings is 1. The molecule has 2 rings (SSSR count). The first-order valence-electron chi connectivity index (χ1n) is 10.9. The van der Waals surface area contributed by atoms with Crippen LogP contribution in [0.1, 0.15) is 79.5 Å². The van der Waals surface area contributed by atoms with E-state index in [1.165, 1.54) is 22.2 Å². The molecule has 1 heteroatoms. The van der Waals surface area contributed by atoms with Crippen molar-refractivity contribution in [1.29, 1.82) is 0 Å². The standard InChI is InChI=1S/C15H15N.C9H16.2C2H6/c1-5-11(3)15-10-13-9-12(6-2)7-8-14(13)16(15)4;1-5-9(6-2)7-8(3)4;2*1-2/h2,7-10H,3,5H2,1,4H3;5,7-8H,1,6H2,2-4H3;2*1-2H3/b;9-7+;;. The molecule has 2 aromatic rings. The maximum Gasteiger partial charge on any atom is 0.0483 e. The highest BCUT2D eigenvalue weighted by molar-refractivity contribution is 5.86. The Morgan fingerprint density at radius 2 is 1.69 bits per heavy atom. The summed E-state index contributed by atoms with van der Waals surface area (Å²) < 4.78 is 2.17. The minimum absolute atomic E-state index is 0.651. The van der Waals surface area contributed by atoms with E-state index in [2.05, 4.69) is 76.6 Å². The van der Waals surface area contributed by atoms with Gasteiger partial charge >= 0.3 is 0 Å². The minimum atomic E-state index is 0.651. The van der Waals surface area contributed by atoms with Gasteiger partial charge in [0.05, 0.1) is 0 Å². The van der Waals surface area contributed by atoms with E-state index in [0.717, 1.165) is 24.0 Å². The van der Waals surface area contributed by atoms with Gasteiger partial charge in [-0.05, 0) is 48.6 Å². The van der Waals surface area contributed by atoms with Crippen LogP contribution in [-0.4, -0.2) is 4.57 Å². The molecule has 1 nitrogen and oxygen atoms in total. The van der Waals surface area contributed by atoms with Gasteiger partial charge in [0.15, 0.2) is 0 Å². The smallest absolute Gasteiger partial charge is 0.0483 e. The molecule has 0 N–H and O–H groups in total. The molecule has 0 aliphatic carbocycles. The van der Waals surface area contributed by atoms with Crippen molar-refractivity contribution < 1.29 is 0 Å². The van der Waals surface area contributed by atoms with Gasteiger partial charge in [-0.1, -0.05) is 92.2 Å². The summed E-state index contributed by atoms with van der Waals surface area (Å²) in [5.74, 6) is 3.31. The zero-order valence-electron chi connectivity index (χ0n) is 20.4. The number of hydrogen-bond acceptors (Lipinski definition) is 0. The molecule has 1 aromatic heterocycles. The first kappa shape index (κ1) is 28.7. The van der Waals surface area contributed by atoms with Crippen molar-refractivity contribution in [3.63, 3.8) is 0 Å². The number of rotatable bonds is 5. The molecule has 0 fully saturated rings. The number of hydrogen-bond donors (Lipinski definition) is 0. The van der Waals surface area contributed by atoms with Gasteiger partial charge in [-0.2, -0.15) is 0 Å². The molecule has 0 unspecified atom stereocenters. The second-order valence-electron chi connectivity index (χ2n) is 6.51. The molecule has 0 spiro atoms. The second-order valence-corrected chi connectivity index (χ2v) is 6.51. The molecule has 0 bridgehead atoms. The predicted molar refractivity (Wildman–Crippen MR) is 136 cm³/mol. The Morgan fingerprint density at radius 3 is 2.07 bits per heavy atom. The summed E-state index contributed by atoms with van der Waals surface area (Å²) in [6.07, 6.45) is 11.6. The lowest BCUT2D eigenvalue weighted by atomic mass is 10.1. The maximum atomic E-state index is 5.40. The molecule has 1 aromatic carbocycles. The van der Waals surface area contributed by atoms with Gasteiger partial charge < -0.3 is 4.57 Å². The Hall–Kier alpha value is -2.46. The number of fused-ring (bicyclic) bond motifs is 1. The topological polar surface area (TPSA) is 4.93 Å². The summed E-state index contributed by atoms with van der Waals surface area (Å²) in [6.45, 7) is 24.4. The second kappa shape index (κ2) is 16.5. The van der Waals surface area contributed by atoms with E-state index in [1.54, 1.807) is 0 Å². The van der Waals surface area contributed by atoms with E-state index in [4.69, 9.17) is 6.42 Å². The lowest BCUT2D eigenvalue weighted by Crippen LogP contribution is -1.93. The molecule has 1 heterocycles. The van der Waals surface area contributed by atoms with Crippen molar-refractivity contribution in [2.45, 2.75) is 68.2 Å². The van der Waals surface area contributed by atoms with Gasteiger partial charge in [-0.25, -0.2) is 0 Å². The van der Waals surface area contributed by atoms with Crippen molar-refractivity contribution in [2.75, 3.05) is 0 Å². The van der Waals surface area contributed by atoms with Crippen molar-refractivity contribution in [2.24, 2.45) is 13.0 Å². The summed E-state index contributed by atoms with van der Waals surface area (Å²) in [4.78, 5) is 0. The van der Waals surface area contributed by atoms with Gasteiger partial charge in [-0.3, -0.25) is 0 Å². The molecular formula is C28H43N. The van der Waals surface area contributed by atoms with Crippen LogP contribution >= 0.6 is 0 Å². The highest BCUT2D eigenvalue weighted by atomic mass is 14.9. The van der Waals surface area contributed by atoms with Crippen LogP contribution in [0.3, 0.4) is 0 Å². The normalized spacial score (nSPS) is 9.90. The largest absolute Gasteiger partial charge is 0.344 e. The Kier molecular flexibility index (Phi) is 16.3. The highest BCUT2D eigenvalue weighted by Crippen LogP contribution is 2.25. The van der Waals surface area contributed by atoms with Crippen molar-refractivity contribution in [3.05, 3.63) is 66.4 Å². The first-order chi connectivity index (χ1) is 13.9. The zero-order chi connectivity index (χ0) is 23.0. The average Bonchev–Trinajstić information content (AvgIpc) is 3.10. The van der Waals surface area contributed by atoms with Gasteiger partial charge in [0.1, 0.15) is 0 Å². The quantitative estimate of drug-likeness (QED) is 0.353. The molecular weight excluding hydrogens is 350 g/mol. The van der Waals surface area contributed by atoms with Gasteiger partial charge in [-0.15, -0.1) is 6.42 Å². The third-order valence-electron chi connectivity index (χ3n) is 4.22. The average molecular weight is 394 g/mol. The third-order valence-corrected chi connectivity index (χ3v) is 4.22. The Labute approximate surface area is 181 Å². The zero-order valence-corrected chi connectivity index (χ0v) is 20.4. The molecule has 0 aliphatic heterocycles. The van der Waals surface area contributed by atoms with Crippen molar-refractivity contribution >= 4 is 16.5 Å². The van der Waals surface area contributed by atoms with Crippen molar-refractivity contribution in [3.8, 4) is 12.3 Å². The fourth-order valence-electron chi connectivity index (χ4n) is 2.72. The van der Waals surface area contributed by atoms with E-state index in [1.807, 2.05) is 45.9 Å². The van der Waals surface area contributed by atoms with Crippen LogP contribution in [0.2, 0.25) is 0 Å². The van der Waals surface area contributed by atoms with Gasteiger partial charge in [0.25, 0.3) is 0 Å². The monoisotopic (exact) mass is 393 g/mol. The van der Waals surface area contributed by atoms with Gasteiger partial charge in [0, 0.05) is 29.2 Å². The molecule has 0 atom stereocenters. The first-order valence-corrected chi connectivity index (χ1v) is 10.9. The van der Waals surface area contributed by atoms with E-state index < -0.39 is 0 Å². The predicted octanol–water partition coefficient (Wildman–Crippen LogP) is 8.80. The highest BCUT2D eigenvalue weighted by Gasteiger charge is 2.07. The Bertz CT molecular complexity index is 807. The fourth-order valence-corrected chi connectivity index (χ4v) is 2.72. The molecule has 0 radical (unpaired) electrons. The van der Waals surface area contributed by atoms with E-state index in [0.29, 0.717) is 5.92 Å². The molecule has 0 aliphatic rings. The fraction of sp³-hybridized carbons (Fsp3) is 0.429. The molecule has 0 saturated heterocycles. The van der Waals surface area contributed by atoms with Gasteiger partial charge in [0.2, 0.25) is 0 Å². The van der Waals surface area contributed by atoms with Crippen LogP contribution in [0.4, 0.5) is 0 Å². The number of aryl methyl sites for hydroxylation is 1. The number of allylic oxidation sites excluding steroid dienone is 4. The number of terminal acetylenes is 1. The van der Waals surface area contributed by atoms with E-state index in [9.17, 15) is 0 Å². The summed E-state index contributed by atoms with van der Waals surface area (Å²) >= 11 is 0. The van der Waals surface area contributed by atoms with Crippen LogP contribution in [-0.2, 0) is 7.05 Å². The van der Waals surface area contributed by atoms with Crippen LogP contribution in [0.25, 0.3) is 16.5 Å². The Morgan fingerprint density at radius 1 is 1.10 bits per heavy atom. The van der Waals surface area contributed by atoms with E-state index >= 15 is 0 Å². The third kappa shape index (κ3) is 9.53. The molecule has 0 amide bonds. The molecule has 29 heavy (non-hydrogen) atoms. The molecule has 0 saturated carbocycles. The number of nitrogens with zero attached hydrogens (tertiary/aromatic N) is 1. The van der Waals surface area contributed by atoms with Crippen LogP contribution < -0.4 is 0 Å². The lowest BCUT2D eigenvalue weighted by molar-refractivity contribution is 0.819. The summed E-state index contributed by atoms with van der Waals surface area (Å²) in [5.41, 5.74) is 5.81. The SMILES string of the molecule is C#Cc1ccc2c(c1)cc(C(=C)CC)n2C.C=C/C(=C\C(C)C)CC.CC.CC. The molecule has 160 valence electrons.